The molecule has 0 radical (unpaired) electrons. The predicted molar refractivity (Wildman–Crippen MR) is 104 cm³/mol. The number of hydrogen-bond donors (Lipinski definition) is 1. The zero-order chi connectivity index (χ0) is 21.9. The van der Waals surface area contributed by atoms with Gasteiger partial charge in [0.25, 0.3) is 5.91 Å². The summed E-state index contributed by atoms with van der Waals surface area (Å²) >= 11 is 0. The third kappa shape index (κ3) is 4.93. The largest absolute Gasteiger partial charge is 0.450 e. The number of anilines is 1. The monoisotopic (exact) mass is 416 g/mol. The highest BCUT2D eigenvalue weighted by atomic mass is 19.4. The third-order valence-corrected chi connectivity index (χ3v) is 4.10. The topological polar surface area (TPSA) is 81.5 Å². The van der Waals surface area contributed by atoms with Crippen LogP contribution in [0.15, 0.2) is 66.7 Å². The van der Waals surface area contributed by atoms with E-state index in [-0.39, 0.29) is 17.4 Å². The van der Waals surface area contributed by atoms with Gasteiger partial charge in [-0.25, -0.2) is 0 Å². The molecule has 0 atom stereocenters. The summed E-state index contributed by atoms with van der Waals surface area (Å²) < 4.78 is 43.7. The van der Waals surface area contributed by atoms with Crippen LogP contribution in [-0.2, 0) is 6.18 Å². The molecule has 1 N–H and O–H groups in total. The Bertz CT molecular complexity index is 1100. The number of carbonyl (C=O) groups is 1. The maximum Gasteiger partial charge on any atom is 0.416 e. The molecule has 0 spiro atoms. The number of carbonyl (C=O) groups excluding carboxylic acids is 1. The van der Waals surface area contributed by atoms with Gasteiger partial charge in [-0.3, -0.25) is 14.9 Å². The smallest absolute Gasteiger partial charge is 0.416 e. The number of benzene rings is 3. The van der Waals surface area contributed by atoms with Crippen LogP contribution in [-0.4, -0.2) is 10.8 Å². The molecule has 0 aliphatic rings. The first-order chi connectivity index (χ1) is 14.1. The van der Waals surface area contributed by atoms with Gasteiger partial charge in [-0.15, -0.1) is 0 Å². The van der Waals surface area contributed by atoms with E-state index in [0.29, 0.717) is 23.4 Å². The van der Waals surface area contributed by atoms with Crippen LogP contribution in [0.2, 0.25) is 0 Å². The lowest BCUT2D eigenvalue weighted by atomic mass is 10.1. The fourth-order valence-corrected chi connectivity index (χ4v) is 2.65. The van der Waals surface area contributed by atoms with Crippen LogP contribution in [0.25, 0.3) is 0 Å². The molecule has 0 fully saturated rings. The van der Waals surface area contributed by atoms with Gasteiger partial charge >= 0.3 is 11.9 Å². The van der Waals surface area contributed by atoms with Crippen molar-refractivity contribution in [1.29, 1.82) is 0 Å². The summed E-state index contributed by atoms with van der Waals surface area (Å²) in [5.41, 5.74) is -0.0445. The van der Waals surface area contributed by atoms with E-state index in [1.165, 1.54) is 24.3 Å². The molecule has 0 aliphatic heterocycles. The van der Waals surface area contributed by atoms with Crippen molar-refractivity contribution in [2.45, 2.75) is 13.1 Å². The van der Waals surface area contributed by atoms with Crippen molar-refractivity contribution in [3.8, 4) is 11.5 Å². The average Bonchev–Trinajstić information content (AvgIpc) is 2.68. The average molecular weight is 416 g/mol. The zero-order valence-electron chi connectivity index (χ0n) is 15.6. The molecule has 9 heteroatoms. The van der Waals surface area contributed by atoms with Crippen molar-refractivity contribution in [3.63, 3.8) is 0 Å². The molecule has 0 saturated carbocycles. The van der Waals surface area contributed by atoms with E-state index in [0.717, 1.165) is 11.6 Å². The number of nitro benzene ring substituents is 1. The summed E-state index contributed by atoms with van der Waals surface area (Å²) in [6.45, 7) is 1.89. The van der Waals surface area contributed by atoms with Gasteiger partial charge in [0.15, 0.2) is 0 Å². The van der Waals surface area contributed by atoms with Gasteiger partial charge in [0.05, 0.1) is 10.5 Å². The maximum absolute atomic E-state index is 12.8. The molecule has 0 aromatic heterocycles. The van der Waals surface area contributed by atoms with E-state index in [9.17, 15) is 28.1 Å². The Kier molecular flexibility index (Phi) is 5.72. The first-order valence-corrected chi connectivity index (χ1v) is 8.65. The highest BCUT2D eigenvalue weighted by Crippen LogP contribution is 2.37. The van der Waals surface area contributed by atoms with Gasteiger partial charge in [-0.1, -0.05) is 12.1 Å². The first-order valence-electron chi connectivity index (χ1n) is 8.65. The predicted octanol–water partition coefficient (Wildman–Crippen LogP) is 5.97. The van der Waals surface area contributed by atoms with E-state index in [1.807, 2.05) is 13.0 Å². The quantitative estimate of drug-likeness (QED) is 0.411. The third-order valence-electron chi connectivity index (χ3n) is 4.10. The molecule has 6 nitrogen and oxygen atoms in total. The first kappa shape index (κ1) is 20.8. The number of hydrogen-bond acceptors (Lipinski definition) is 4. The van der Waals surface area contributed by atoms with Gasteiger partial charge in [0.1, 0.15) is 5.75 Å². The van der Waals surface area contributed by atoms with E-state index in [4.69, 9.17) is 4.74 Å². The summed E-state index contributed by atoms with van der Waals surface area (Å²) in [5.74, 6) is -0.581. The Balaban J connectivity index is 1.77. The molecule has 0 heterocycles. The molecule has 154 valence electrons. The zero-order valence-corrected chi connectivity index (χ0v) is 15.6. The minimum atomic E-state index is -4.71. The second-order valence-corrected chi connectivity index (χ2v) is 6.39. The van der Waals surface area contributed by atoms with Crippen molar-refractivity contribution in [2.75, 3.05) is 5.32 Å². The second kappa shape index (κ2) is 8.24. The van der Waals surface area contributed by atoms with Crippen LogP contribution in [0.3, 0.4) is 0 Å². The minimum Gasteiger partial charge on any atom is -0.450 e. The van der Waals surface area contributed by atoms with Crippen molar-refractivity contribution in [2.24, 2.45) is 0 Å². The molecule has 0 saturated heterocycles. The molecule has 3 aromatic rings. The minimum absolute atomic E-state index is 0.130. The number of nitrogens with zero attached hydrogens (tertiary/aromatic N) is 1. The van der Waals surface area contributed by atoms with Crippen LogP contribution in [0.4, 0.5) is 24.5 Å². The Morgan fingerprint density at radius 1 is 1.03 bits per heavy atom. The SMILES string of the molecule is Cc1cccc(NC(=O)c2ccc(Oc3ccc(C(F)(F)F)cc3[N+](=O)[O-])cc2)c1. The summed E-state index contributed by atoms with van der Waals surface area (Å²) in [5, 5.41) is 13.9. The maximum atomic E-state index is 12.8. The second-order valence-electron chi connectivity index (χ2n) is 6.39. The summed E-state index contributed by atoms with van der Waals surface area (Å²) in [6.07, 6.45) is -4.71. The number of nitro groups is 1. The van der Waals surface area contributed by atoms with Crippen LogP contribution in [0.1, 0.15) is 21.5 Å². The summed E-state index contributed by atoms with van der Waals surface area (Å²) in [7, 11) is 0. The van der Waals surface area contributed by atoms with Gasteiger partial charge < -0.3 is 10.1 Å². The molecule has 0 unspecified atom stereocenters. The lowest BCUT2D eigenvalue weighted by Crippen LogP contribution is -2.11. The Labute approximate surface area is 169 Å². The molecule has 3 rings (SSSR count). The van der Waals surface area contributed by atoms with Crippen LogP contribution in [0.5, 0.6) is 11.5 Å². The standard InChI is InChI=1S/C21H15F3N2O4/c1-13-3-2-4-16(11-13)25-20(27)14-5-8-17(9-6-14)30-19-10-7-15(21(22,23)24)12-18(19)26(28)29/h2-12H,1H3,(H,25,27). The number of amides is 1. The molecule has 30 heavy (non-hydrogen) atoms. The fourth-order valence-electron chi connectivity index (χ4n) is 2.65. The van der Waals surface area contributed by atoms with E-state index in [2.05, 4.69) is 5.32 Å². The lowest BCUT2D eigenvalue weighted by Gasteiger charge is -2.10. The number of rotatable bonds is 5. The Hall–Kier alpha value is -3.88. The number of ether oxygens (including phenoxy) is 1. The molecule has 3 aromatic carbocycles. The Morgan fingerprint density at radius 2 is 1.73 bits per heavy atom. The van der Waals surface area contributed by atoms with Crippen LogP contribution < -0.4 is 10.1 Å². The molecular formula is C21H15F3N2O4. The summed E-state index contributed by atoms with van der Waals surface area (Å²) in [6, 6.07) is 14.9. The highest BCUT2D eigenvalue weighted by molar-refractivity contribution is 6.04. The van der Waals surface area contributed by atoms with Gasteiger partial charge in [0.2, 0.25) is 5.75 Å². The molecular weight excluding hydrogens is 401 g/mol. The van der Waals surface area contributed by atoms with Crippen molar-refractivity contribution in [1.82, 2.24) is 0 Å². The molecule has 1 amide bonds. The van der Waals surface area contributed by atoms with Crippen molar-refractivity contribution < 1.29 is 27.6 Å². The van der Waals surface area contributed by atoms with Gasteiger partial charge in [-0.2, -0.15) is 13.2 Å². The highest BCUT2D eigenvalue weighted by Gasteiger charge is 2.33. The fraction of sp³-hybridized carbons (Fsp3) is 0.0952. The lowest BCUT2D eigenvalue weighted by molar-refractivity contribution is -0.385. The van der Waals surface area contributed by atoms with Crippen LogP contribution >= 0.6 is 0 Å². The van der Waals surface area contributed by atoms with Crippen molar-refractivity contribution >= 4 is 17.3 Å². The number of nitrogens with one attached hydrogen (secondary N) is 1. The number of alkyl halides is 3. The van der Waals surface area contributed by atoms with Crippen molar-refractivity contribution in [3.05, 3.63) is 93.5 Å². The Morgan fingerprint density at radius 3 is 2.33 bits per heavy atom. The van der Waals surface area contributed by atoms with Gasteiger partial charge in [-0.05, 0) is 61.0 Å². The molecule has 0 bridgehead atoms. The van der Waals surface area contributed by atoms with E-state index < -0.39 is 22.4 Å². The number of halogens is 3. The molecule has 0 aliphatic carbocycles. The summed E-state index contributed by atoms with van der Waals surface area (Å²) in [4.78, 5) is 22.5. The van der Waals surface area contributed by atoms with E-state index >= 15 is 0 Å². The number of aryl methyl sites for hydroxylation is 1. The van der Waals surface area contributed by atoms with Gasteiger partial charge in [0, 0.05) is 17.3 Å². The normalized spacial score (nSPS) is 11.1. The van der Waals surface area contributed by atoms with Crippen LogP contribution in [0, 0.1) is 17.0 Å². The van der Waals surface area contributed by atoms with E-state index in [1.54, 1.807) is 18.2 Å².